The molecular weight excluding hydrogens is 262 g/mol. The van der Waals surface area contributed by atoms with Crippen molar-refractivity contribution in [2.75, 3.05) is 25.5 Å². The van der Waals surface area contributed by atoms with Gasteiger partial charge in [0.2, 0.25) is 0 Å². The number of nitrogens with zero attached hydrogens (tertiary/aromatic N) is 2. The topological polar surface area (TPSA) is 45.2 Å². The number of rotatable bonds is 5. The van der Waals surface area contributed by atoms with Crippen LogP contribution in [0.1, 0.15) is 30.6 Å². The van der Waals surface area contributed by atoms with Crippen molar-refractivity contribution in [1.82, 2.24) is 9.88 Å². The maximum absolute atomic E-state index is 12.2. The van der Waals surface area contributed by atoms with Gasteiger partial charge in [0.15, 0.2) is 0 Å². The Hall–Kier alpha value is -1.29. The minimum atomic E-state index is -0.0171. The van der Waals surface area contributed by atoms with Crippen molar-refractivity contribution in [2.24, 2.45) is 11.8 Å². The second-order valence-electron chi connectivity index (χ2n) is 5.24. The third kappa shape index (κ3) is 3.38. The van der Waals surface area contributed by atoms with E-state index in [9.17, 15) is 4.79 Å². The molecule has 2 rings (SSSR count). The summed E-state index contributed by atoms with van der Waals surface area (Å²) >= 11 is 6.10. The zero-order valence-corrected chi connectivity index (χ0v) is 12.4. The van der Waals surface area contributed by atoms with Gasteiger partial charge in [-0.1, -0.05) is 18.5 Å². The summed E-state index contributed by atoms with van der Waals surface area (Å²) in [6.07, 6.45) is 2.80. The van der Waals surface area contributed by atoms with Gasteiger partial charge in [0, 0.05) is 26.3 Å². The Kier molecular flexibility index (Phi) is 4.30. The molecule has 1 aliphatic rings. The summed E-state index contributed by atoms with van der Waals surface area (Å²) in [6.45, 7) is 5.75. The van der Waals surface area contributed by atoms with Crippen LogP contribution in [0.5, 0.6) is 0 Å². The van der Waals surface area contributed by atoms with Crippen LogP contribution in [0.25, 0.3) is 0 Å². The average Bonchev–Trinajstić information content (AvgIpc) is 3.06. The molecule has 4 nitrogen and oxygen atoms in total. The summed E-state index contributed by atoms with van der Waals surface area (Å²) in [7, 11) is 1.83. The van der Waals surface area contributed by atoms with E-state index in [1.165, 1.54) is 6.42 Å². The van der Waals surface area contributed by atoms with Crippen LogP contribution >= 0.6 is 11.6 Å². The summed E-state index contributed by atoms with van der Waals surface area (Å²) in [6, 6.07) is 1.68. The Morgan fingerprint density at radius 2 is 2.32 bits per heavy atom. The highest BCUT2D eigenvalue weighted by atomic mass is 35.5. The highest BCUT2D eigenvalue weighted by Gasteiger charge is 2.34. The summed E-state index contributed by atoms with van der Waals surface area (Å²) in [5.74, 6) is 2.00. The van der Waals surface area contributed by atoms with Crippen molar-refractivity contribution in [1.29, 1.82) is 0 Å². The van der Waals surface area contributed by atoms with Crippen LogP contribution < -0.4 is 5.32 Å². The Bertz CT molecular complexity index is 478. The van der Waals surface area contributed by atoms with E-state index in [1.807, 2.05) is 14.0 Å². The van der Waals surface area contributed by atoms with Crippen LogP contribution in [0, 0.1) is 11.8 Å². The van der Waals surface area contributed by atoms with E-state index in [2.05, 4.69) is 17.2 Å². The maximum Gasteiger partial charge on any atom is 0.255 e. The van der Waals surface area contributed by atoms with Crippen molar-refractivity contribution in [2.45, 2.75) is 20.3 Å². The van der Waals surface area contributed by atoms with Crippen LogP contribution in [0.3, 0.4) is 0 Å². The number of halogens is 1. The van der Waals surface area contributed by atoms with Gasteiger partial charge < -0.3 is 10.2 Å². The molecular formula is C14H20ClN3O. The van der Waals surface area contributed by atoms with Gasteiger partial charge in [0.25, 0.3) is 5.91 Å². The number of carbonyl (C=O) groups is 1. The predicted molar refractivity (Wildman–Crippen MR) is 77.6 cm³/mol. The SMILES string of the molecule is CCNc1ncc(C(=O)N(C)CC2CC2C)cc1Cl. The fourth-order valence-corrected chi connectivity index (χ4v) is 2.39. The van der Waals surface area contributed by atoms with Crippen molar-refractivity contribution < 1.29 is 4.79 Å². The molecule has 0 aliphatic heterocycles. The molecule has 2 atom stereocenters. The number of hydrogen-bond donors (Lipinski definition) is 1. The summed E-state index contributed by atoms with van der Waals surface area (Å²) < 4.78 is 0. The molecule has 0 spiro atoms. The van der Waals surface area contributed by atoms with Crippen molar-refractivity contribution in [3.05, 3.63) is 22.8 Å². The van der Waals surface area contributed by atoms with Gasteiger partial charge in [-0.05, 0) is 31.2 Å². The highest BCUT2D eigenvalue weighted by molar-refractivity contribution is 6.33. The van der Waals surface area contributed by atoms with Gasteiger partial charge in [0.1, 0.15) is 5.82 Å². The molecule has 104 valence electrons. The molecule has 0 radical (unpaired) electrons. The zero-order valence-electron chi connectivity index (χ0n) is 11.6. The lowest BCUT2D eigenvalue weighted by Gasteiger charge is -2.17. The van der Waals surface area contributed by atoms with Crippen LogP contribution in [-0.4, -0.2) is 35.9 Å². The van der Waals surface area contributed by atoms with Gasteiger partial charge in [-0.15, -0.1) is 0 Å². The Labute approximate surface area is 119 Å². The van der Waals surface area contributed by atoms with Crippen LogP contribution in [-0.2, 0) is 0 Å². The Morgan fingerprint density at radius 1 is 1.63 bits per heavy atom. The van der Waals surface area contributed by atoms with E-state index >= 15 is 0 Å². The third-order valence-electron chi connectivity index (χ3n) is 3.56. The van der Waals surface area contributed by atoms with Gasteiger partial charge in [0.05, 0.1) is 10.6 Å². The fourth-order valence-electron chi connectivity index (χ4n) is 2.16. The van der Waals surface area contributed by atoms with E-state index in [4.69, 9.17) is 11.6 Å². The first kappa shape index (κ1) is 14.1. The maximum atomic E-state index is 12.2. The standard InChI is InChI=1S/C14H20ClN3O/c1-4-16-13-12(15)6-10(7-17-13)14(19)18(3)8-11-5-9(11)2/h6-7,9,11H,4-5,8H2,1-3H3,(H,16,17). The molecule has 0 bridgehead atoms. The molecule has 0 saturated heterocycles. The summed E-state index contributed by atoms with van der Waals surface area (Å²) in [5.41, 5.74) is 0.544. The van der Waals surface area contributed by atoms with Crippen molar-refractivity contribution in [3.8, 4) is 0 Å². The lowest BCUT2D eigenvalue weighted by Crippen LogP contribution is -2.29. The number of hydrogen-bond acceptors (Lipinski definition) is 3. The Balaban J connectivity index is 2.04. The number of nitrogens with one attached hydrogen (secondary N) is 1. The van der Waals surface area contributed by atoms with Gasteiger partial charge in [-0.3, -0.25) is 4.79 Å². The molecule has 1 fully saturated rings. The molecule has 1 aromatic rings. The number of carbonyl (C=O) groups excluding carboxylic acids is 1. The molecule has 0 aromatic carbocycles. The van der Waals surface area contributed by atoms with Gasteiger partial charge in [-0.2, -0.15) is 0 Å². The number of amides is 1. The number of aromatic nitrogens is 1. The molecule has 1 aromatic heterocycles. The van der Waals surface area contributed by atoms with Gasteiger partial charge >= 0.3 is 0 Å². The smallest absolute Gasteiger partial charge is 0.255 e. The quantitative estimate of drug-likeness (QED) is 0.903. The minimum absolute atomic E-state index is 0.0171. The molecule has 1 N–H and O–H groups in total. The zero-order chi connectivity index (χ0) is 14.0. The van der Waals surface area contributed by atoms with Crippen LogP contribution in [0.2, 0.25) is 5.02 Å². The first-order chi connectivity index (χ1) is 9.02. The minimum Gasteiger partial charge on any atom is -0.369 e. The average molecular weight is 282 g/mol. The molecule has 1 heterocycles. The van der Waals surface area contributed by atoms with E-state index < -0.39 is 0 Å². The molecule has 19 heavy (non-hydrogen) atoms. The first-order valence-corrected chi connectivity index (χ1v) is 7.05. The lowest BCUT2D eigenvalue weighted by molar-refractivity contribution is 0.0786. The van der Waals surface area contributed by atoms with Crippen molar-refractivity contribution in [3.63, 3.8) is 0 Å². The van der Waals surface area contributed by atoms with Crippen LogP contribution in [0.15, 0.2) is 12.3 Å². The largest absolute Gasteiger partial charge is 0.369 e. The second kappa shape index (κ2) is 5.78. The second-order valence-corrected chi connectivity index (χ2v) is 5.65. The van der Waals surface area contributed by atoms with E-state index in [1.54, 1.807) is 17.2 Å². The summed E-state index contributed by atoms with van der Waals surface area (Å²) in [4.78, 5) is 18.2. The highest BCUT2D eigenvalue weighted by Crippen LogP contribution is 2.38. The fraction of sp³-hybridized carbons (Fsp3) is 0.571. The monoisotopic (exact) mass is 281 g/mol. The third-order valence-corrected chi connectivity index (χ3v) is 3.85. The molecule has 2 unspecified atom stereocenters. The molecule has 1 amide bonds. The lowest BCUT2D eigenvalue weighted by atomic mass is 10.2. The van der Waals surface area contributed by atoms with E-state index in [0.717, 1.165) is 19.0 Å². The van der Waals surface area contributed by atoms with E-state index in [0.29, 0.717) is 22.3 Å². The molecule has 1 saturated carbocycles. The number of anilines is 1. The number of pyridine rings is 1. The molecule has 1 aliphatic carbocycles. The van der Waals surface area contributed by atoms with Crippen LogP contribution in [0.4, 0.5) is 5.82 Å². The first-order valence-electron chi connectivity index (χ1n) is 6.67. The normalized spacial score (nSPS) is 21.1. The van der Waals surface area contributed by atoms with E-state index in [-0.39, 0.29) is 5.91 Å². The molecule has 5 heteroatoms. The summed E-state index contributed by atoms with van der Waals surface area (Å²) in [5, 5.41) is 3.54. The predicted octanol–water partition coefficient (Wildman–Crippen LogP) is 2.89. The van der Waals surface area contributed by atoms with Gasteiger partial charge in [-0.25, -0.2) is 4.98 Å². The van der Waals surface area contributed by atoms with Crippen molar-refractivity contribution >= 4 is 23.3 Å². The Morgan fingerprint density at radius 3 is 2.84 bits per heavy atom.